The van der Waals surface area contributed by atoms with E-state index in [1.54, 1.807) is 121 Å². The maximum atomic E-state index is 13.9. The Morgan fingerprint density at radius 1 is 0.500 bits per heavy atom. The van der Waals surface area contributed by atoms with Crippen molar-refractivity contribution < 1.29 is 9.59 Å². The highest BCUT2D eigenvalue weighted by Gasteiger charge is 2.25. The van der Waals surface area contributed by atoms with E-state index < -0.39 is 11.8 Å². The number of anilines is 2. The van der Waals surface area contributed by atoms with Gasteiger partial charge in [0.1, 0.15) is 23.3 Å². The molecule has 12 heteroatoms. The van der Waals surface area contributed by atoms with Gasteiger partial charge in [-0.15, -0.1) is 0 Å². The number of aromatic nitrogens is 4. The van der Waals surface area contributed by atoms with E-state index in [4.69, 9.17) is 10.8 Å². The highest BCUT2D eigenvalue weighted by atomic mass is 16.2. The van der Waals surface area contributed by atoms with E-state index in [0.29, 0.717) is 33.9 Å². The van der Waals surface area contributed by atoms with E-state index in [9.17, 15) is 20.1 Å². The number of nitrogens with zero attached hydrogens (tertiary/aromatic N) is 6. The largest absolute Gasteiger partial charge is 0.321 e. The van der Waals surface area contributed by atoms with Crippen LogP contribution in [0.2, 0.25) is 0 Å². The van der Waals surface area contributed by atoms with E-state index in [2.05, 4.69) is 33.0 Å². The Morgan fingerprint density at radius 2 is 0.815 bits per heavy atom. The number of nitriles is 2. The van der Waals surface area contributed by atoms with Gasteiger partial charge in [0.25, 0.3) is 11.8 Å². The van der Waals surface area contributed by atoms with Crippen LogP contribution in [0.3, 0.4) is 0 Å². The number of rotatable bonds is 8. The second-order valence-electron chi connectivity index (χ2n) is 11.8. The summed E-state index contributed by atoms with van der Waals surface area (Å²) in [6, 6.07) is 45.9. The van der Waals surface area contributed by atoms with E-state index in [1.165, 1.54) is 9.36 Å². The summed E-state index contributed by atoms with van der Waals surface area (Å²) in [6.45, 7) is 0. The van der Waals surface area contributed by atoms with Crippen molar-refractivity contribution in [2.75, 3.05) is 10.6 Å². The summed E-state index contributed by atoms with van der Waals surface area (Å²) < 4.78 is 2.51. The van der Waals surface area contributed by atoms with Gasteiger partial charge in [-0.05, 0) is 59.7 Å². The van der Waals surface area contributed by atoms with Gasteiger partial charge in [-0.2, -0.15) is 20.7 Å². The first-order valence-electron chi connectivity index (χ1n) is 16.6. The van der Waals surface area contributed by atoms with Crippen molar-refractivity contribution in [2.24, 2.45) is 0 Å². The lowest BCUT2D eigenvalue weighted by Gasteiger charge is -2.16. The number of carbonyl (C=O) groups excluding carboxylic acids is 2. The average Bonchev–Trinajstić information content (AvgIpc) is 3.22. The van der Waals surface area contributed by atoms with Gasteiger partial charge in [0.15, 0.2) is 22.4 Å². The maximum Gasteiger partial charge on any atom is 0.276 e. The van der Waals surface area contributed by atoms with Crippen LogP contribution in [0.5, 0.6) is 0 Å². The molecule has 0 bridgehead atoms. The van der Waals surface area contributed by atoms with Crippen LogP contribution in [-0.2, 0) is 0 Å². The minimum absolute atomic E-state index is 0.0154. The summed E-state index contributed by atoms with van der Waals surface area (Å²) >= 11 is 0. The van der Waals surface area contributed by atoms with E-state index in [1.807, 2.05) is 24.3 Å². The molecule has 258 valence electrons. The molecule has 0 aliphatic carbocycles. The topological polar surface area (TPSA) is 189 Å². The summed E-state index contributed by atoms with van der Waals surface area (Å²) in [5, 5.41) is 52.8. The van der Waals surface area contributed by atoms with Gasteiger partial charge in [-0.1, -0.05) is 97.1 Å². The van der Waals surface area contributed by atoms with E-state index in [0.717, 1.165) is 0 Å². The molecule has 2 aromatic heterocycles. The summed E-state index contributed by atoms with van der Waals surface area (Å²) in [5.41, 5.74) is 2.80. The fraction of sp³-hybridized carbons (Fsp3) is 0. The van der Waals surface area contributed by atoms with Crippen LogP contribution in [-0.4, -0.2) is 31.4 Å². The molecule has 0 atom stereocenters. The first-order chi connectivity index (χ1) is 26.4. The van der Waals surface area contributed by atoms with Crippen molar-refractivity contribution in [2.45, 2.75) is 0 Å². The molecule has 0 aliphatic heterocycles. The fourth-order valence-electron chi connectivity index (χ4n) is 5.92. The zero-order valence-electron chi connectivity index (χ0n) is 28.4. The zero-order valence-corrected chi connectivity index (χ0v) is 28.4. The van der Waals surface area contributed by atoms with Gasteiger partial charge in [0.05, 0.1) is 11.4 Å². The number of nitrogens with one attached hydrogen (secondary N) is 4. The van der Waals surface area contributed by atoms with Crippen LogP contribution in [0.1, 0.15) is 32.1 Å². The molecule has 12 nitrogen and oxygen atoms in total. The van der Waals surface area contributed by atoms with Gasteiger partial charge in [-0.3, -0.25) is 20.4 Å². The number of carbonyl (C=O) groups is 2. The minimum Gasteiger partial charge on any atom is -0.321 e. The Bertz CT molecular complexity index is 2540. The Morgan fingerprint density at radius 3 is 1.13 bits per heavy atom. The molecule has 0 unspecified atom stereocenters. The molecule has 0 aliphatic rings. The zero-order chi connectivity index (χ0) is 37.6. The molecule has 5 aromatic carbocycles. The van der Waals surface area contributed by atoms with Crippen molar-refractivity contribution in [3.8, 4) is 45.8 Å². The van der Waals surface area contributed by atoms with Crippen molar-refractivity contribution >= 4 is 23.2 Å². The highest BCUT2D eigenvalue weighted by Crippen LogP contribution is 2.28. The molecule has 0 radical (unpaired) electrons. The lowest BCUT2D eigenvalue weighted by molar-refractivity contribution is 0.101. The van der Waals surface area contributed by atoms with Gasteiger partial charge in [-0.25, -0.2) is 9.36 Å². The molecule has 54 heavy (non-hydrogen) atoms. The normalized spacial score (nSPS) is 10.5. The van der Waals surface area contributed by atoms with Crippen molar-refractivity contribution in [3.05, 3.63) is 179 Å². The monoisotopic (exact) mass is 704 g/mol. The molecule has 0 saturated carbocycles. The molecular formula is C42H28N10O2. The predicted molar refractivity (Wildman–Crippen MR) is 201 cm³/mol. The van der Waals surface area contributed by atoms with Crippen LogP contribution in [0.4, 0.5) is 11.4 Å². The predicted octanol–water partition coefficient (Wildman–Crippen LogP) is 6.60. The summed E-state index contributed by atoms with van der Waals surface area (Å²) in [5.74, 6) is -1.23. The van der Waals surface area contributed by atoms with Gasteiger partial charge >= 0.3 is 0 Å². The minimum atomic E-state index is -0.617. The number of para-hydroxylation sites is 2. The number of benzene rings is 5. The van der Waals surface area contributed by atoms with Gasteiger partial charge < -0.3 is 10.6 Å². The molecule has 7 rings (SSSR count). The SMILES string of the molecule is N#Cc1c(-c2ccccc2)c(C(=O)Nc2ccc(NC(=O)c3nn(-c4ccccc4)c(=N)c(C#N)c3-c3ccccc3)cc2)nn(-c2ccccc2)c1=N. The van der Waals surface area contributed by atoms with Gasteiger partial charge in [0, 0.05) is 22.5 Å². The van der Waals surface area contributed by atoms with Crippen molar-refractivity contribution in [1.29, 1.82) is 21.3 Å². The standard InChI is InChI=1S/C42H28N10O2/c43-25-33-35(27-13-5-1-6-14-27)37(49-51(39(33)45)31-17-9-3-10-18-31)41(53)47-29-21-23-30(24-22-29)48-42(54)38-36(28-15-7-2-8-16-28)34(26-44)40(46)52(50-38)32-19-11-4-12-20-32/h1-24,45-46H,(H,47,53)(H,48,54). The smallest absolute Gasteiger partial charge is 0.276 e. The highest BCUT2D eigenvalue weighted by molar-refractivity contribution is 6.09. The molecule has 0 fully saturated rings. The van der Waals surface area contributed by atoms with E-state index in [-0.39, 0.29) is 44.6 Å². The summed E-state index contributed by atoms with van der Waals surface area (Å²) in [6.07, 6.45) is 0. The van der Waals surface area contributed by atoms with Crippen LogP contribution in [0.25, 0.3) is 33.6 Å². The second-order valence-corrected chi connectivity index (χ2v) is 11.8. The van der Waals surface area contributed by atoms with E-state index >= 15 is 0 Å². The summed E-state index contributed by atoms with van der Waals surface area (Å²) in [7, 11) is 0. The Hall–Kier alpha value is -8.22. The third kappa shape index (κ3) is 6.65. The number of amides is 2. The number of hydrogen-bond acceptors (Lipinski definition) is 8. The van der Waals surface area contributed by atoms with Crippen LogP contribution < -0.4 is 21.6 Å². The number of hydrogen-bond donors (Lipinski definition) is 4. The maximum absolute atomic E-state index is 13.9. The Labute approximate surface area is 308 Å². The molecule has 0 spiro atoms. The quantitative estimate of drug-likeness (QED) is 0.138. The Kier molecular flexibility index (Phi) is 9.48. The molecule has 2 heterocycles. The van der Waals surface area contributed by atoms with Crippen LogP contribution in [0.15, 0.2) is 146 Å². The Balaban J connectivity index is 1.22. The lowest BCUT2D eigenvalue weighted by atomic mass is 9.99. The molecule has 7 aromatic rings. The third-order valence-corrected chi connectivity index (χ3v) is 8.45. The van der Waals surface area contributed by atoms with Crippen molar-refractivity contribution in [1.82, 2.24) is 19.6 Å². The molecule has 4 N–H and O–H groups in total. The first kappa shape index (κ1) is 34.2. The fourth-order valence-corrected chi connectivity index (χ4v) is 5.92. The lowest BCUT2D eigenvalue weighted by Crippen LogP contribution is -2.30. The first-order valence-corrected chi connectivity index (χ1v) is 16.6. The molecule has 2 amide bonds. The molecular weight excluding hydrogens is 677 g/mol. The average molecular weight is 705 g/mol. The summed E-state index contributed by atoms with van der Waals surface area (Å²) in [4.78, 5) is 27.9. The van der Waals surface area contributed by atoms with Gasteiger partial charge in [0.2, 0.25) is 0 Å². The third-order valence-electron chi connectivity index (χ3n) is 8.45. The molecule has 0 saturated heterocycles. The van der Waals surface area contributed by atoms with Crippen molar-refractivity contribution in [3.63, 3.8) is 0 Å². The van der Waals surface area contributed by atoms with Crippen LogP contribution in [0, 0.1) is 33.5 Å². The second kappa shape index (κ2) is 14.9. The van der Waals surface area contributed by atoms with Crippen LogP contribution >= 0.6 is 0 Å².